The fourth-order valence-electron chi connectivity index (χ4n) is 1.49. The van der Waals surface area contributed by atoms with Crippen LogP contribution in [0.15, 0.2) is 6.33 Å². The summed E-state index contributed by atoms with van der Waals surface area (Å²) >= 11 is 0. The molecule has 1 heterocycles. The average Bonchev–Trinajstić information content (AvgIpc) is 2.25. The molecule has 1 unspecified atom stereocenters. The Balaban J connectivity index is 3.04. The van der Waals surface area contributed by atoms with Gasteiger partial charge >= 0.3 is 5.69 Å². The SMILES string of the molecule is CC(CS(C)(=O)=O)Nc1ncnc(NN)c1[N+](=O)[O-]. The molecule has 4 N–H and O–H groups in total. The van der Waals surface area contributed by atoms with Gasteiger partial charge in [0.15, 0.2) is 0 Å². The topological polar surface area (TPSA) is 153 Å². The molecule has 1 rings (SSSR count). The second-order valence-corrected chi connectivity index (χ2v) is 6.14. The van der Waals surface area contributed by atoms with Crippen molar-refractivity contribution in [3.8, 4) is 0 Å². The zero-order chi connectivity index (χ0) is 14.6. The lowest BCUT2D eigenvalue weighted by Crippen LogP contribution is -2.26. The zero-order valence-electron chi connectivity index (χ0n) is 10.3. The predicted octanol–water partition coefficient (Wildman–Crippen LogP) is -0.485. The van der Waals surface area contributed by atoms with E-state index in [0.717, 1.165) is 12.6 Å². The number of nitrogens with two attached hydrogens (primary N) is 1. The highest BCUT2D eigenvalue weighted by Crippen LogP contribution is 2.28. The van der Waals surface area contributed by atoms with Gasteiger partial charge in [0.05, 0.1) is 10.7 Å². The van der Waals surface area contributed by atoms with Gasteiger partial charge in [-0.15, -0.1) is 0 Å². The van der Waals surface area contributed by atoms with Crippen molar-refractivity contribution in [3.63, 3.8) is 0 Å². The Labute approximate surface area is 109 Å². The fourth-order valence-corrected chi connectivity index (χ4v) is 2.48. The number of nitrogen functional groups attached to an aromatic ring is 1. The minimum Gasteiger partial charge on any atom is -0.361 e. The summed E-state index contributed by atoms with van der Waals surface area (Å²) in [6, 6.07) is -0.547. The third kappa shape index (κ3) is 4.30. The lowest BCUT2D eigenvalue weighted by Gasteiger charge is -2.13. The molecule has 106 valence electrons. The van der Waals surface area contributed by atoms with Gasteiger partial charge in [-0.1, -0.05) is 0 Å². The fraction of sp³-hybridized carbons (Fsp3) is 0.500. The smallest absolute Gasteiger partial charge is 0.354 e. The van der Waals surface area contributed by atoms with Gasteiger partial charge in [-0.3, -0.25) is 10.1 Å². The summed E-state index contributed by atoms with van der Waals surface area (Å²) in [5.41, 5.74) is 1.65. The third-order valence-corrected chi connectivity index (χ3v) is 3.18. The van der Waals surface area contributed by atoms with Crippen LogP contribution in [0.3, 0.4) is 0 Å². The van der Waals surface area contributed by atoms with Crippen LogP contribution in [0.4, 0.5) is 17.3 Å². The second kappa shape index (κ2) is 5.75. The van der Waals surface area contributed by atoms with E-state index in [-0.39, 0.29) is 17.4 Å². The van der Waals surface area contributed by atoms with E-state index in [2.05, 4.69) is 20.7 Å². The van der Waals surface area contributed by atoms with Crippen LogP contribution in [0.5, 0.6) is 0 Å². The third-order valence-electron chi connectivity index (χ3n) is 2.08. The summed E-state index contributed by atoms with van der Waals surface area (Å²) in [5, 5.41) is 13.6. The zero-order valence-corrected chi connectivity index (χ0v) is 11.1. The Morgan fingerprint density at radius 3 is 2.53 bits per heavy atom. The van der Waals surface area contributed by atoms with Gasteiger partial charge in [0.25, 0.3) is 0 Å². The highest BCUT2D eigenvalue weighted by molar-refractivity contribution is 7.90. The number of nitrogens with zero attached hydrogens (tertiary/aromatic N) is 3. The Bertz CT molecular complexity index is 575. The van der Waals surface area contributed by atoms with Crippen LogP contribution in [0.1, 0.15) is 6.92 Å². The van der Waals surface area contributed by atoms with E-state index in [0.29, 0.717) is 0 Å². The van der Waals surface area contributed by atoms with Gasteiger partial charge in [-0.2, -0.15) is 0 Å². The highest BCUT2D eigenvalue weighted by atomic mass is 32.2. The number of nitro groups is 1. The molecule has 0 bridgehead atoms. The second-order valence-electron chi connectivity index (χ2n) is 3.96. The van der Waals surface area contributed by atoms with E-state index in [1.165, 1.54) is 0 Å². The van der Waals surface area contributed by atoms with Crippen molar-refractivity contribution in [3.05, 3.63) is 16.4 Å². The molecule has 0 saturated carbocycles. The molecule has 1 atom stereocenters. The molecule has 10 nitrogen and oxygen atoms in total. The maximum absolute atomic E-state index is 11.1. The van der Waals surface area contributed by atoms with Crippen LogP contribution in [0.25, 0.3) is 0 Å². The van der Waals surface area contributed by atoms with E-state index in [4.69, 9.17) is 5.84 Å². The van der Waals surface area contributed by atoms with Gasteiger partial charge in [-0.25, -0.2) is 24.2 Å². The van der Waals surface area contributed by atoms with E-state index in [9.17, 15) is 18.5 Å². The monoisotopic (exact) mass is 290 g/mol. The van der Waals surface area contributed by atoms with Crippen LogP contribution in [0.2, 0.25) is 0 Å². The van der Waals surface area contributed by atoms with Gasteiger partial charge in [0.2, 0.25) is 11.6 Å². The Hall–Kier alpha value is -2.01. The molecule has 1 aromatic heterocycles. The quantitative estimate of drug-likeness (QED) is 0.358. The van der Waals surface area contributed by atoms with Crippen molar-refractivity contribution >= 4 is 27.2 Å². The molecule has 19 heavy (non-hydrogen) atoms. The lowest BCUT2D eigenvalue weighted by molar-refractivity contribution is -0.383. The minimum atomic E-state index is -3.21. The summed E-state index contributed by atoms with van der Waals surface area (Å²) < 4.78 is 22.3. The van der Waals surface area contributed by atoms with Crippen molar-refractivity contribution in [2.45, 2.75) is 13.0 Å². The van der Waals surface area contributed by atoms with E-state index in [1.807, 2.05) is 0 Å². The minimum absolute atomic E-state index is 0.0934. The van der Waals surface area contributed by atoms with Crippen LogP contribution < -0.4 is 16.6 Å². The first-order chi connectivity index (χ1) is 8.74. The number of hydrogen-bond acceptors (Lipinski definition) is 9. The molecule has 0 aliphatic heterocycles. The normalized spacial score (nSPS) is 12.8. The Morgan fingerprint density at radius 1 is 1.47 bits per heavy atom. The van der Waals surface area contributed by atoms with Crippen LogP contribution in [-0.2, 0) is 9.84 Å². The molecule has 0 radical (unpaired) electrons. The molecular weight excluding hydrogens is 276 g/mol. The van der Waals surface area contributed by atoms with E-state index < -0.39 is 26.5 Å². The van der Waals surface area contributed by atoms with Crippen molar-refractivity contribution < 1.29 is 13.3 Å². The lowest BCUT2D eigenvalue weighted by atomic mass is 10.3. The predicted molar refractivity (Wildman–Crippen MR) is 69.3 cm³/mol. The number of nitrogens with one attached hydrogen (secondary N) is 2. The molecule has 0 amide bonds. The number of hydrogen-bond donors (Lipinski definition) is 3. The first-order valence-corrected chi connectivity index (χ1v) is 7.21. The van der Waals surface area contributed by atoms with Crippen molar-refractivity contribution in [2.75, 3.05) is 22.8 Å². The van der Waals surface area contributed by atoms with E-state index in [1.54, 1.807) is 6.92 Å². The summed E-state index contributed by atoms with van der Waals surface area (Å²) in [6.45, 7) is 1.57. The van der Waals surface area contributed by atoms with Crippen molar-refractivity contribution in [1.82, 2.24) is 9.97 Å². The van der Waals surface area contributed by atoms with E-state index >= 15 is 0 Å². The van der Waals surface area contributed by atoms with Gasteiger partial charge in [0.1, 0.15) is 16.2 Å². The molecule has 0 saturated heterocycles. The number of rotatable bonds is 6. The first kappa shape index (κ1) is 15.0. The average molecular weight is 290 g/mol. The molecule has 0 aromatic carbocycles. The molecule has 0 aliphatic rings. The molecular formula is C8H14N6O4S. The molecule has 0 spiro atoms. The first-order valence-electron chi connectivity index (χ1n) is 5.15. The molecule has 1 aromatic rings. The van der Waals surface area contributed by atoms with Gasteiger partial charge in [0, 0.05) is 12.3 Å². The summed E-state index contributed by atoms with van der Waals surface area (Å²) in [4.78, 5) is 17.6. The van der Waals surface area contributed by atoms with Crippen LogP contribution in [-0.4, -0.2) is 41.4 Å². The van der Waals surface area contributed by atoms with Gasteiger partial charge in [-0.05, 0) is 6.92 Å². The van der Waals surface area contributed by atoms with Crippen LogP contribution in [0, 0.1) is 10.1 Å². The summed E-state index contributed by atoms with van der Waals surface area (Å²) in [7, 11) is -3.21. The number of anilines is 2. The molecule has 11 heteroatoms. The van der Waals surface area contributed by atoms with Crippen LogP contribution >= 0.6 is 0 Å². The Morgan fingerprint density at radius 2 is 2.05 bits per heavy atom. The molecule has 0 aliphatic carbocycles. The number of sulfone groups is 1. The largest absolute Gasteiger partial charge is 0.361 e. The van der Waals surface area contributed by atoms with Gasteiger partial charge < -0.3 is 10.7 Å². The molecule has 0 fully saturated rings. The standard InChI is InChI=1S/C8H14N6O4S/c1-5(3-19(2,17)18)12-7-6(14(15)16)8(13-9)11-4-10-7/h4-5H,3,9H2,1-2H3,(H2,10,11,12,13). The Kier molecular flexibility index (Phi) is 4.56. The number of hydrazine groups is 1. The number of aromatic nitrogens is 2. The maximum Gasteiger partial charge on any atom is 0.354 e. The van der Waals surface area contributed by atoms with Crippen molar-refractivity contribution in [1.29, 1.82) is 0 Å². The highest BCUT2D eigenvalue weighted by Gasteiger charge is 2.24. The summed E-state index contributed by atoms with van der Waals surface area (Å²) in [5.74, 6) is 4.69. The summed E-state index contributed by atoms with van der Waals surface area (Å²) in [6.07, 6.45) is 2.16. The maximum atomic E-state index is 11.1. The van der Waals surface area contributed by atoms with Crippen molar-refractivity contribution in [2.24, 2.45) is 5.84 Å².